The average molecular weight is 462 g/mol. The third-order valence-electron chi connectivity index (χ3n) is 4.35. The first-order valence-corrected chi connectivity index (χ1v) is 11.6. The minimum absolute atomic E-state index is 0.0794. The van der Waals surface area contributed by atoms with Crippen LogP contribution in [0, 0.1) is 0 Å². The molecule has 30 heavy (non-hydrogen) atoms. The summed E-state index contributed by atoms with van der Waals surface area (Å²) in [7, 11) is -3.78. The van der Waals surface area contributed by atoms with Crippen LogP contribution in [0.4, 0.5) is 5.13 Å². The number of para-hydroxylation sites is 1. The Morgan fingerprint density at radius 1 is 1.23 bits per heavy atom. The highest BCUT2D eigenvalue weighted by Crippen LogP contribution is 2.26. The Kier molecular flexibility index (Phi) is 5.50. The molecule has 0 aliphatic carbocycles. The van der Waals surface area contributed by atoms with Gasteiger partial charge in [-0.15, -0.1) is 11.3 Å². The van der Waals surface area contributed by atoms with Crippen LogP contribution < -0.4 is 9.46 Å². The SMILES string of the molecule is CC(Oc1ccccc1Cl)C(=O)n1ccc2cc(S(=O)(=O)Nc3nccs3)ccc21. The number of aromatic nitrogens is 2. The van der Waals surface area contributed by atoms with Crippen LogP contribution in [0.5, 0.6) is 5.75 Å². The van der Waals surface area contributed by atoms with Gasteiger partial charge in [0.25, 0.3) is 15.9 Å². The van der Waals surface area contributed by atoms with E-state index in [2.05, 4.69) is 9.71 Å². The maximum Gasteiger partial charge on any atom is 0.271 e. The number of anilines is 1. The van der Waals surface area contributed by atoms with Gasteiger partial charge < -0.3 is 4.74 Å². The van der Waals surface area contributed by atoms with Gasteiger partial charge in [0.1, 0.15) is 5.75 Å². The lowest BCUT2D eigenvalue weighted by atomic mass is 10.2. The summed E-state index contributed by atoms with van der Waals surface area (Å²) >= 11 is 7.28. The molecule has 10 heteroatoms. The highest BCUT2D eigenvalue weighted by atomic mass is 35.5. The van der Waals surface area contributed by atoms with Crippen molar-refractivity contribution in [2.75, 3.05) is 4.72 Å². The van der Waals surface area contributed by atoms with Crippen molar-refractivity contribution in [2.45, 2.75) is 17.9 Å². The van der Waals surface area contributed by atoms with Crippen molar-refractivity contribution < 1.29 is 17.9 Å². The molecule has 1 N–H and O–H groups in total. The number of fused-ring (bicyclic) bond motifs is 1. The number of nitrogens with zero attached hydrogens (tertiary/aromatic N) is 2. The van der Waals surface area contributed by atoms with Gasteiger partial charge in [0.05, 0.1) is 15.4 Å². The minimum Gasteiger partial charge on any atom is -0.479 e. The smallest absolute Gasteiger partial charge is 0.271 e. The molecule has 0 amide bonds. The molecule has 0 fully saturated rings. The van der Waals surface area contributed by atoms with E-state index in [1.54, 1.807) is 54.9 Å². The summed E-state index contributed by atoms with van der Waals surface area (Å²) in [6.07, 6.45) is 2.31. The third-order valence-corrected chi connectivity index (χ3v) is 6.82. The lowest BCUT2D eigenvalue weighted by Gasteiger charge is -2.15. The maximum atomic E-state index is 12.9. The fourth-order valence-corrected chi connectivity index (χ4v) is 4.91. The number of sulfonamides is 1. The number of thiazole rings is 1. The zero-order chi connectivity index (χ0) is 21.3. The van der Waals surface area contributed by atoms with E-state index in [-0.39, 0.29) is 15.9 Å². The summed E-state index contributed by atoms with van der Waals surface area (Å²) in [5.41, 5.74) is 0.572. The number of carbonyl (C=O) groups excluding carboxylic acids is 1. The minimum atomic E-state index is -3.78. The summed E-state index contributed by atoms with van der Waals surface area (Å²) < 4.78 is 34.7. The van der Waals surface area contributed by atoms with Gasteiger partial charge in [0.2, 0.25) is 0 Å². The van der Waals surface area contributed by atoms with E-state index >= 15 is 0 Å². The van der Waals surface area contributed by atoms with Gasteiger partial charge in [0.15, 0.2) is 11.2 Å². The molecule has 154 valence electrons. The molecule has 0 radical (unpaired) electrons. The molecule has 0 bridgehead atoms. The second-order valence-corrected chi connectivity index (χ2v) is 9.36. The number of hydrogen-bond donors (Lipinski definition) is 1. The van der Waals surface area contributed by atoms with Gasteiger partial charge in [-0.3, -0.25) is 14.1 Å². The highest BCUT2D eigenvalue weighted by Gasteiger charge is 2.21. The molecule has 1 atom stereocenters. The number of hydrogen-bond acceptors (Lipinski definition) is 6. The van der Waals surface area contributed by atoms with Crippen molar-refractivity contribution >= 4 is 54.9 Å². The van der Waals surface area contributed by atoms with Crippen LogP contribution in [0.15, 0.2) is 71.2 Å². The molecule has 0 saturated carbocycles. The fraction of sp³-hybridized carbons (Fsp3) is 0.100. The zero-order valence-corrected chi connectivity index (χ0v) is 18.0. The maximum absolute atomic E-state index is 12.9. The van der Waals surface area contributed by atoms with Crippen molar-refractivity contribution in [1.29, 1.82) is 0 Å². The highest BCUT2D eigenvalue weighted by molar-refractivity contribution is 7.93. The molecule has 0 spiro atoms. The number of benzene rings is 2. The van der Waals surface area contributed by atoms with Crippen LogP contribution in [-0.2, 0) is 10.0 Å². The van der Waals surface area contributed by atoms with Gasteiger partial charge in [0, 0.05) is 23.2 Å². The molecule has 4 rings (SSSR count). The molecule has 1 unspecified atom stereocenters. The number of nitrogens with one attached hydrogen (secondary N) is 1. The fourth-order valence-electron chi connectivity index (χ4n) is 2.90. The van der Waals surface area contributed by atoms with E-state index in [9.17, 15) is 13.2 Å². The van der Waals surface area contributed by atoms with Crippen LogP contribution in [0.1, 0.15) is 11.7 Å². The molecule has 7 nitrogen and oxygen atoms in total. The Bertz CT molecular complexity index is 1320. The Morgan fingerprint density at radius 3 is 2.77 bits per heavy atom. The van der Waals surface area contributed by atoms with E-state index in [0.717, 1.165) is 0 Å². The molecule has 0 saturated heterocycles. The lowest BCUT2D eigenvalue weighted by Crippen LogP contribution is -2.28. The van der Waals surface area contributed by atoms with Crippen molar-refractivity contribution in [2.24, 2.45) is 0 Å². The summed E-state index contributed by atoms with van der Waals surface area (Å²) in [4.78, 5) is 16.9. The van der Waals surface area contributed by atoms with E-state index in [4.69, 9.17) is 16.3 Å². The number of carbonyl (C=O) groups is 1. The first kappa shape index (κ1) is 20.4. The van der Waals surface area contributed by atoms with E-state index in [1.807, 2.05) is 0 Å². The number of rotatable bonds is 6. The summed E-state index contributed by atoms with van der Waals surface area (Å²) in [6.45, 7) is 1.63. The molecular formula is C20H16ClN3O4S2. The van der Waals surface area contributed by atoms with Crippen molar-refractivity contribution in [3.8, 4) is 5.75 Å². The summed E-state index contributed by atoms with van der Waals surface area (Å²) in [5.74, 6) is 0.111. The molecule has 4 aromatic rings. The average Bonchev–Trinajstić information content (AvgIpc) is 3.38. The van der Waals surface area contributed by atoms with Crippen molar-refractivity contribution in [3.05, 3.63) is 71.3 Å². The van der Waals surface area contributed by atoms with Crippen LogP contribution in [0.2, 0.25) is 5.02 Å². The van der Waals surface area contributed by atoms with Crippen LogP contribution >= 0.6 is 22.9 Å². The molecule has 2 aromatic heterocycles. The topological polar surface area (TPSA) is 90.3 Å². The van der Waals surface area contributed by atoms with Crippen LogP contribution in [0.25, 0.3) is 10.9 Å². The molecule has 0 aliphatic heterocycles. The Labute approximate surface area is 181 Å². The van der Waals surface area contributed by atoms with E-state index in [1.165, 1.54) is 34.2 Å². The van der Waals surface area contributed by atoms with E-state index < -0.39 is 16.1 Å². The standard InChI is InChI=1S/C20H16ClN3O4S2/c1-13(28-18-5-3-2-4-16(18)21)19(25)24-10-8-14-12-15(6-7-17(14)24)30(26,27)23-20-22-9-11-29-20/h2-13H,1H3,(H,22,23). The van der Waals surface area contributed by atoms with Crippen LogP contribution in [0.3, 0.4) is 0 Å². The molecule has 0 aliphatic rings. The Balaban J connectivity index is 1.59. The van der Waals surface area contributed by atoms with Gasteiger partial charge in [-0.25, -0.2) is 13.4 Å². The second-order valence-electron chi connectivity index (χ2n) is 6.38. The van der Waals surface area contributed by atoms with Crippen molar-refractivity contribution in [3.63, 3.8) is 0 Å². The normalized spacial score (nSPS) is 12.6. The molecular weight excluding hydrogens is 446 g/mol. The third kappa shape index (κ3) is 4.04. The van der Waals surface area contributed by atoms with E-state index in [0.29, 0.717) is 21.7 Å². The predicted octanol–water partition coefficient (Wildman–Crippen LogP) is 4.66. The first-order valence-electron chi connectivity index (χ1n) is 8.84. The monoisotopic (exact) mass is 461 g/mol. The second kappa shape index (κ2) is 8.10. The van der Waals surface area contributed by atoms with Crippen LogP contribution in [-0.4, -0.2) is 30.0 Å². The molecule has 2 heterocycles. The number of ether oxygens (including phenoxy) is 1. The lowest BCUT2D eigenvalue weighted by molar-refractivity contribution is 0.0734. The van der Waals surface area contributed by atoms with Gasteiger partial charge in [-0.05, 0) is 43.3 Å². The first-order chi connectivity index (χ1) is 14.3. The Morgan fingerprint density at radius 2 is 2.03 bits per heavy atom. The summed E-state index contributed by atoms with van der Waals surface area (Å²) in [5, 5.41) is 2.99. The largest absolute Gasteiger partial charge is 0.479 e. The van der Waals surface area contributed by atoms with Gasteiger partial charge in [-0.1, -0.05) is 23.7 Å². The summed E-state index contributed by atoms with van der Waals surface area (Å²) in [6, 6.07) is 13.1. The predicted molar refractivity (Wildman–Crippen MR) is 117 cm³/mol. The molecule has 2 aromatic carbocycles. The zero-order valence-electron chi connectivity index (χ0n) is 15.7. The number of halogens is 1. The Hall–Kier alpha value is -2.88. The van der Waals surface area contributed by atoms with Gasteiger partial charge >= 0.3 is 0 Å². The quantitative estimate of drug-likeness (QED) is 0.451. The van der Waals surface area contributed by atoms with Gasteiger partial charge in [-0.2, -0.15) is 0 Å². The van der Waals surface area contributed by atoms with Crippen molar-refractivity contribution in [1.82, 2.24) is 9.55 Å².